The summed E-state index contributed by atoms with van der Waals surface area (Å²) in [6.07, 6.45) is 0. The lowest BCUT2D eigenvalue weighted by Crippen LogP contribution is -2.24. The molecule has 0 atom stereocenters. The minimum absolute atomic E-state index is 0.116. The van der Waals surface area contributed by atoms with Crippen LogP contribution in [0.2, 0.25) is 0 Å². The molecular formula is C7H6INO3S. The predicted octanol–water partition coefficient (Wildman–Crippen LogP) is 0.720. The van der Waals surface area contributed by atoms with Gasteiger partial charge in [0, 0.05) is 9.13 Å². The average molecular weight is 311 g/mol. The molecule has 0 fully saturated rings. The molecule has 2 N–H and O–H groups in total. The number of rotatable bonds is 1. The normalized spacial score (nSPS) is 11.2. The fraction of sp³-hybridized carbons (Fsp3) is 0. The smallest absolute Gasteiger partial charge is 0.274 e. The zero-order chi connectivity index (χ0) is 10.1. The Bertz CT molecular complexity index is 441. The van der Waals surface area contributed by atoms with E-state index in [1.54, 1.807) is 18.2 Å². The van der Waals surface area contributed by atoms with Crippen molar-refractivity contribution in [1.82, 2.24) is 0 Å². The molecule has 1 aromatic carbocycles. The zero-order valence-electron chi connectivity index (χ0n) is 6.40. The van der Waals surface area contributed by atoms with E-state index in [-0.39, 0.29) is 5.56 Å². The van der Waals surface area contributed by atoms with Gasteiger partial charge in [0.15, 0.2) is 0 Å². The first-order valence-corrected chi connectivity index (χ1v) is 5.87. The second-order valence-corrected chi connectivity index (χ2v) is 4.94. The van der Waals surface area contributed by atoms with Crippen LogP contribution in [0.5, 0.6) is 0 Å². The summed E-state index contributed by atoms with van der Waals surface area (Å²) in [7, 11) is -4.12. The maximum absolute atomic E-state index is 11.2. The number of hydrogen-bond acceptors (Lipinski definition) is 3. The Morgan fingerprint density at radius 1 is 1.31 bits per heavy atom. The van der Waals surface area contributed by atoms with Crippen LogP contribution in [0.1, 0.15) is 10.4 Å². The van der Waals surface area contributed by atoms with Gasteiger partial charge in [0.2, 0.25) is 0 Å². The lowest BCUT2D eigenvalue weighted by Gasteiger charge is -1.99. The van der Waals surface area contributed by atoms with E-state index in [0.717, 1.165) is 0 Å². The van der Waals surface area contributed by atoms with E-state index < -0.39 is 15.1 Å². The molecule has 0 aliphatic rings. The molecule has 0 radical (unpaired) electrons. The van der Waals surface area contributed by atoms with Crippen LogP contribution in [-0.4, -0.2) is 13.5 Å². The largest absolute Gasteiger partial charge is 0.292 e. The number of benzene rings is 1. The Labute approximate surface area is 89.3 Å². The lowest BCUT2D eigenvalue weighted by atomic mass is 10.2. The van der Waals surface area contributed by atoms with E-state index in [4.69, 9.17) is 5.14 Å². The first-order valence-electron chi connectivity index (χ1n) is 3.24. The van der Waals surface area contributed by atoms with E-state index in [1.807, 2.05) is 22.6 Å². The van der Waals surface area contributed by atoms with Crippen LogP contribution in [0.15, 0.2) is 24.3 Å². The number of sulfonamides is 1. The Hall–Kier alpha value is -0.470. The van der Waals surface area contributed by atoms with E-state index in [9.17, 15) is 13.2 Å². The number of halogens is 1. The number of nitrogens with two attached hydrogens (primary N) is 1. The maximum Gasteiger partial charge on any atom is 0.292 e. The molecule has 13 heavy (non-hydrogen) atoms. The first-order chi connectivity index (χ1) is 5.93. The van der Waals surface area contributed by atoms with Gasteiger partial charge in [0.1, 0.15) is 0 Å². The average Bonchev–Trinajstić information content (AvgIpc) is 2.02. The predicted molar refractivity (Wildman–Crippen MR) is 56.6 cm³/mol. The summed E-state index contributed by atoms with van der Waals surface area (Å²) in [6, 6.07) is 6.36. The van der Waals surface area contributed by atoms with Crippen LogP contribution in [0.4, 0.5) is 0 Å². The van der Waals surface area contributed by atoms with Gasteiger partial charge in [-0.1, -0.05) is 12.1 Å². The highest BCUT2D eigenvalue weighted by Gasteiger charge is 2.20. The van der Waals surface area contributed by atoms with Gasteiger partial charge in [-0.15, -0.1) is 0 Å². The van der Waals surface area contributed by atoms with E-state index in [2.05, 4.69) is 0 Å². The molecule has 0 bridgehead atoms. The zero-order valence-corrected chi connectivity index (χ0v) is 9.37. The number of hydrogen-bond donors (Lipinski definition) is 1. The Balaban J connectivity index is 3.26. The topological polar surface area (TPSA) is 77.2 Å². The van der Waals surface area contributed by atoms with Crippen molar-refractivity contribution in [2.45, 2.75) is 0 Å². The highest BCUT2D eigenvalue weighted by atomic mass is 127. The van der Waals surface area contributed by atoms with Crippen molar-refractivity contribution in [2.24, 2.45) is 5.14 Å². The van der Waals surface area contributed by atoms with Crippen molar-refractivity contribution in [3.8, 4) is 0 Å². The second kappa shape index (κ2) is 3.72. The minimum Gasteiger partial charge on any atom is -0.274 e. The molecule has 1 rings (SSSR count). The molecule has 0 aliphatic carbocycles. The molecule has 1 aromatic rings. The monoisotopic (exact) mass is 311 g/mol. The fourth-order valence-corrected chi connectivity index (χ4v) is 2.08. The Morgan fingerprint density at radius 2 is 1.85 bits per heavy atom. The first kappa shape index (κ1) is 10.6. The van der Waals surface area contributed by atoms with Crippen LogP contribution in [0.3, 0.4) is 0 Å². The SMILES string of the molecule is NS(=O)(=O)C(=O)c1ccccc1I. The molecule has 0 aliphatic heterocycles. The molecule has 0 heterocycles. The third kappa shape index (κ3) is 2.48. The van der Waals surface area contributed by atoms with Gasteiger partial charge >= 0.3 is 0 Å². The van der Waals surface area contributed by atoms with Crippen molar-refractivity contribution in [2.75, 3.05) is 0 Å². The molecule has 6 heteroatoms. The summed E-state index contributed by atoms with van der Waals surface area (Å²) in [5.74, 6) is 0. The van der Waals surface area contributed by atoms with Gasteiger partial charge in [-0.25, -0.2) is 13.6 Å². The van der Waals surface area contributed by atoms with Crippen molar-refractivity contribution in [3.63, 3.8) is 0 Å². The molecule has 70 valence electrons. The van der Waals surface area contributed by atoms with Gasteiger partial charge in [-0.2, -0.15) is 0 Å². The molecule has 0 aromatic heterocycles. The number of carbonyl (C=O) groups is 1. The summed E-state index contributed by atoms with van der Waals surface area (Å²) in [6.45, 7) is 0. The number of primary sulfonamides is 1. The molecule has 0 amide bonds. The molecule has 0 saturated carbocycles. The summed E-state index contributed by atoms with van der Waals surface area (Å²) < 4.78 is 22.0. The second-order valence-electron chi connectivity index (χ2n) is 2.31. The van der Waals surface area contributed by atoms with Gasteiger partial charge in [-0.3, -0.25) is 4.79 Å². The minimum atomic E-state index is -4.12. The molecule has 4 nitrogen and oxygen atoms in total. The third-order valence-electron chi connectivity index (χ3n) is 1.35. The Kier molecular flexibility index (Phi) is 3.04. The van der Waals surface area contributed by atoms with Crippen molar-refractivity contribution >= 4 is 37.7 Å². The summed E-state index contributed by atoms with van der Waals surface area (Å²) >= 11 is 1.87. The summed E-state index contributed by atoms with van der Waals surface area (Å²) in [5, 5.41) is 3.66. The number of carbonyl (C=O) groups excluding carboxylic acids is 1. The van der Waals surface area contributed by atoms with Gasteiger partial charge in [-0.05, 0) is 34.7 Å². The van der Waals surface area contributed by atoms with Crippen LogP contribution in [0, 0.1) is 3.57 Å². The third-order valence-corrected chi connectivity index (χ3v) is 3.03. The maximum atomic E-state index is 11.2. The molecule has 0 saturated heterocycles. The highest BCUT2D eigenvalue weighted by Crippen LogP contribution is 2.13. The fourth-order valence-electron chi connectivity index (χ4n) is 0.780. The van der Waals surface area contributed by atoms with E-state index in [1.165, 1.54) is 6.07 Å². The van der Waals surface area contributed by atoms with E-state index >= 15 is 0 Å². The standard InChI is InChI=1S/C7H6INO3S/c8-6-4-2-1-3-5(6)7(10)13(9,11)12/h1-4H,(H2,9,11,12). The molecule has 0 spiro atoms. The summed E-state index contributed by atoms with van der Waals surface area (Å²) in [4.78, 5) is 11.2. The lowest BCUT2D eigenvalue weighted by molar-refractivity contribution is 0.107. The van der Waals surface area contributed by atoms with Crippen LogP contribution >= 0.6 is 22.6 Å². The quantitative estimate of drug-likeness (QED) is 0.776. The van der Waals surface area contributed by atoms with Crippen LogP contribution in [-0.2, 0) is 10.0 Å². The van der Waals surface area contributed by atoms with Gasteiger partial charge < -0.3 is 0 Å². The summed E-state index contributed by atoms with van der Waals surface area (Å²) in [5.41, 5.74) is 0.116. The van der Waals surface area contributed by atoms with Crippen molar-refractivity contribution in [1.29, 1.82) is 0 Å². The highest BCUT2D eigenvalue weighted by molar-refractivity contribution is 14.1. The molecular weight excluding hydrogens is 305 g/mol. The van der Waals surface area contributed by atoms with Crippen LogP contribution in [0.25, 0.3) is 0 Å². The van der Waals surface area contributed by atoms with Gasteiger partial charge in [0.05, 0.1) is 0 Å². The van der Waals surface area contributed by atoms with E-state index in [0.29, 0.717) is 3.57 Å². The Morgan fingerprint density at radius 3 is 2.31 bits per heavy atom. The molecule has 0 unspecified atom stereocenters. The van der Waals surface area contributed by atoms with Crippen molar-refractivity contribution < 1.29 is 13.2 Å². The van der Waals surface area contributed by atoms with Gasteiger partial charge in [0.25, 0.3) is 15.1 Å². The van der Waals surface area contributed by atoms with Crippen LogP contribution < -0.4 is 5.14 Å². The van der Waals surface area contributed by atoms with Crippen molar-refractivity contribution in [3.05, 3.63) is 33.4 Å².